The molecule has 2 rings (SSSR count). The summed E-state index contributed by atoms with van der Waals surface area (Å²) in [5.41, 5.74) is 0.963. The Morgan fingerprint density at radius 2 is 2.08 bits per heavy atom. The molecule has 0 spiro atoms. The molecule has 2 heterocycles. The number of rotatable bonds is 7. The van der Waals surface area contributed by atoms with Crippen molar-refractivity contribution < 1.29 is 0 Å². The van der Waals surface area contributed by atoms with Gasteiger partial charge in [0.2, 0.25) is 0 Å². The molecule has 0 radical (unpaired) electrons. The van der Waals surface area contributed by atoms with Crippen LogP contribution in [0.1, 0.15) is 30.3 Å². The summed E-state index contributed by atoms with van der Waals surface area (Å²) in [7, 11) is 3.99. The topological polar surface area (TPSA) is 52.6 Å². The molecule has 130 valence electrons. The van der Waals surface area contributed by atoms with E-state index in [1.54, 1.807) is 11.3 Å². The summed E-state index contributed by atoms with van der Waals surface area (Å²) in [6, 6.07) is 10.3. The maximum atomic E-state index is 4.65. The fourth-order valence-corrected chi connectivity index (χ4v) is 3.01. The second-order valence-electron chi connectivity index (χ2n) is 5.87. The van der Waals surface area contributed by atoms with Gasteiger partial charge in [-0.05, 0) is 30.5 Å². The van der Waals surface area contributed by atoms with Crippen LogP contribution in [0.2, 0.25) is 0 Å². The smallest absolute Gasteiger partial charge is 0.191 e. The maximum absolute atomic E-state index is 4.65. The van der Waals surface area contributed by atoms with Crippen molar-refractivity contribution in [2.24, 2.45) is 4.99 Å². The third-order valence-corrected chi connectivity index (χ3v) is 4.70. The van der Waals surface area contributed by atoms with E-state index in [4.69, 9.17) is 0 Å². The number of pyridine rings is 1. The molecule has 6 heteroatoms. The second-order valence-corrected chi connectivity index (χ2v) is 6.85. The normalized spacial score (nSPS) is 12.8. The van der Waals surface area contributed by atoms with E-state index < -0.39 is 0 Å². The first-order valence-corrected chi connectivity index (χ1v) is 9.17. The highest BCUT2D eigenvalue weighted by atomic mass is 32.1. The first kappa shape index (κ1) is 18.3. The Balaban J connectivity index is 1.96. The summed E-state index contributed by atoms with van der Waals surface area (Å²) in [5.74, 6) is 2.24. The Hall–Kier alpha value is -2.08. The van der Waals surface area contributed by atoms with E-state index in [0.717, 1.165) is 30.6 Å². The van der Waals surface area contributed by atoms with Crippen molar-refractivity contribution in [1.29, 1.82) is 0 Å². The molecule has 2 N–H and O–H groups in total. The number of nitrogens with one attached hydrogen (secondary N) is 2. The van der Waals surface area contributed by atoms with Crippen molar-refractivity contribution in [3.05, 3.63) is 46.3 Å². The molecule has 0 amide bonds. The molecule has 1 unspecified atom stereocenters. The lowest BCUT2D eigenvalue weighted by Gasteiger charge is -2.15. The Morgan fingerprint density at radius 3 is 2.75 bits per heavy atom. The van der Waals surface area contributed by atoms with Crippen molar-refractivity contribution in [3.63, 3.8) is 0 Å². The summed E-state index contributed by atoms with van der Waals surface area (Å²) in [6.45, 7) is 6.56. The molecule has 0 aromatic carbocycles. The molecule has 2 aromatic heterocycles. The van der Waals surface area contributed by atoms with E-state index in [1.807, 2.05) is 37.2 Å². The zero-order valence-corrected chi connectivity index (χ0v) is 15.7. The number of aliphatic imine (C=N–C) groups is 1. The number of hydrogen-bond donors (Lipinski definition) is 2. The minimum Gasteiger partial charge on any atom is -0.363 e. The summed E-state index contributed by atoms with van der Waals surface area (Å²) >= 11 is 1.80. The predicted octanol–water partition coefficient (Wildman–Crippen LogP) is 3.07. The van der Waals surface area contributed by atoms with E-state index in [-0.39, 0.29) is 0 Å². The standard InChI is InChI=1S/C18H27N5S/c1-5-19-18(20-12-14(2)16-9-7-11-24-16)21-13-15-8-6-10-17(22-15)23(3)4/h6-11,14H,5,12-13H2,1-4H3,(H2,19,20,21). The Bertz CT molecular complexity index is 637. The van der Waals surface area contributed by atoms with Gasteiger partial charge in [0.05, 0.1) is 12.2 Å². The van der Waals surface area contributed by atoms with Crippen LogP contribution in [-0.2, 0) is 6.54 Å². The number of anilines is 1. The SMILES string of the molecule is CCNC(=NCc1cccc(N(C)C)n1)NCC(C)c1cccs1. The van der Waals surface area contributed by atoms with Crippen LogP contribution in [0.3, 0.4) is 0 Å². The first-order valence-electron chi connectivity index (χ1n) is 8.29. The van der Waals surface area contributed by atoms with Gasteiger partial charge in [-0.2, -0.15) is 0 Å². The van der Waals surface area contributed by atoms with Gasteiger partial charge in [-0.15, -0.1) is 11.3 Å². The molecule has 0 saturated carbocycles. The Kier molecular flexibility index (Phi) is 7.06. The molecule has 1 atom stereocenters. The molecule has 0 aliphatic carbocycles. The van der Waals surface area contributed by atoms with E-state index in [0.29, 0.717) is 12.5 Å². The lowest BCUT2D eigenvalue weighted by molar-refractivity contribution is 0.708. The molecule has 0 bridgehead atoms. The summed E-state index contributed by atoms with van der Waals surface area (Å²) in [6.07, 6.45) is 0. The number of thiophene rings is 1. The average Bonchev–Trinajstić information content (AvgIpc) is 3.12. The molecule has 24 heavy (non-hydrogen) atoms. The molecule has 0 fully saturated rings. The van der Waals surface area contributed by atoms with Gasteiger partial charge in [0.1, 0.15) is 5.82 Å². The highest BCUT2D eigenvalue weighted by Gasteiger charge is 2.07. The highest BCUT2D eigenvalue weighted by Crippen LogP contribution is 2.19. The van der Waals surface area contributed by atoms with Crippen LogP contribution in [0.15, 0.2) is 40.7 Å². The minimum atomic E-state index is 0.462. The Labute approximate surface area is 148 Å². The van der Waals surface area contributed by atoms with E-state index >= 15 is 0 Å². The van der Waals surface area contributed by atoms with Crippen LogP contribution in [-0.4, -0.2) is 38.1 Å². The third-order valence-electron chi connectivity index (χ3n) is 3.60. The van der Waals surface area contributed by atoms with Crippen molar-refractivity contribution in [1.82, 2.24) is 15.6 Å². The number of nitrogens with zero attached hydrogens (tertiary/aromatic N) is 3. The van der Waals surface area contributed by atoms with Gasteiger partial charge in [-0.25, -0.2) is 9.98 Å². The molecule has 5 nitrogen and oxygen atoms in total. The Morgan fingerprint density at radius 1 is 1.25 bits per heavy atom. The average molecular weight is 346 g/mol. The molecule has 2 aromatic rings. The van der Waals surface area contributed by atoms with Crippen molar-refractivity contribution in [2.75, 3.05) is 32.1 Å². The maximum Gasteiger partial charge on any atom is 0.191 e. The zero-order valence-electron chi connectivity index (χ0n) is 14.9. The van der Waals surface area contributed by atoms with Gasteiger partial charge in [0, 0.05) is 38.0 Å². The highest BCUT2D eigenvalue weighted by molar-refractivity contribution is 7.10. The van der Waals surface area contributed by atoms with Gasteiger partial charge < -0.3 is 15.5 Å². The van der Waals surface area contributed by atoms with Gasteiger partial charge in [-0.3, -0.25) is 0 Å². The predicted molar refractivity (Wildman–Crippen MR) is 104 cm³/mol. The lowest BCUT2D eigenvalue weighted by atomic mass is 10.1. The van der Waals surface area contributed by atoms with Crippen LogP contribution in [0.25, 0.3) is 0 Å². The zero-order chi connectivity index (χ0) is 17.4. The largest absolute Gasteiger partial charge is 0.363 e. The fraction of sp³-hybridized carbons (Fsp3) is 0.444. The van der Waals surface area contributed by atoms with E-state index in [9.17, 15) is 0 Å². The van der Waals surface area contributed by atoms with Crippen molar-refractivity contribution in [2.45, 2.75) is 26.3 Å². The van der Waals surface area contributed by atoms with Gasteiger partial charge in [0.25, 0.3) is 0 Å². The summed E-state index contributed by atoms with van der Waals surface area (Å²) < 4.78 is 0. The van der Waals surface area contributed by atoms with Gasteiger partial charge >= 0.3 is 0 Å². The van der Waals surface area contributed by atoms with Gasteiger partial charge in [0.15, 0.2) is 5.96 Å². The fourth-order valence-electron chi connectivity index (χ4n) is 2.23. The van der Waals surface area contributed by atoms with E-state index in [2.05, 4.69) is 52.0 Å². The summed E-state index contributed by atoms with van der Waals surface area (Å²) in [4.78, 5) is 12.6. The molecule has 0 aliphatic heterocycles. The van der Waals surface area contributed by atoms with Crippen molar-refractivity contribution >= 4 is 23.1 Å². The lowest BCUT2D eigenvalue weighted by Crippen LogP contribution is -2.39. The number of aromatic nitrogens is 1. The van der Waals surface area contributed by atoms with Crippen molar-refractivity contribution in [3.8, 4) is 0 Å². The molecular weight excluding hydrogens is 318 g/mol. The number of hydrogen-bond acceptors (Lipinski definition) is 4. The van der Waals surface area contributed by atoms with Crippen LogP contribution in [0.5, 0.6) is 0 Å². The van der Waals surface area contributed by atoms with Crippen LogP contribution in [0.4, 0.5) is 5.82 Å². The van der Waals surface area contributed by atoms with Crippen LogP contribution >= 0.6 is 11.3 Å². The quantitative estimate of drug-likeness (QED) is 0.598. The number of guanidine groups is 1. The molecular formula is C18H27N5S. The molecule has 0 saturated heterocycles. The minimum absolute atomic E-state index is 0.462. The first-order chi connectivity index (χ1) is 11.6. The third kappa shape index (κ3) is 5.53. The second kappa shape index (κ2) is 9.27. The monoisotopic (exact) mass is 345 g/mol. The molecule has 0 aliphatic rings. The van der Waals surface area contributed by atoms with Crippen LogP contribution < -0.4 is 15.5 Å². The van der Waals surface area contributed by atoms with Crippen LogP contribution in [0, 0.1) is 0 Å². The van der Waals surface area contributed by atoms with Gasteiger partial charge in [-0.1, -0.05) is 19.1 Å². The van der Waals surface area contributed by atoms with E-state index in [1.165, 1.54) is 4.88 Å². The summed E-state index contributed by atoms with van der Waals surface area (Å²) in [5, 5.41) is 8.84.